The van der Waals surface area contributed by atoms with Gasteiger partial charge in [0.1, 0.15) is 5.82 Å². The Hall–Kier alpha value is -2.13. The van der Waals surface area contributed by atoms with Crippen LogP contribution in [0.3, 0.4) is 0 Å². The zero-order valence-corrected chi connectivity index (χ0v) is 14.8. The lowest BCUT2D eigenvalue weighted by molar-refractivity contribution is 0.0107. The molecular weight excluding hydrogens is 316 g/mol. The molecule has 0 spiro atoms. The molecule has 1 aliphatic carbocycles. The molecule has 6 nitrogen and oxygen atoms in total. The number of fused-ring (bicyclic) bond motifs is 1. The first-order valence-corrected chi connectivity index (χ1v) is 9.05. The van der Waals surface area contributed by atoms with Gasteiger partial charge >= 0.3 is 0 Å². The highest BCUT2D eigenvalue weighted by atomic mass is 16.5. The van der Waals surface area contributed by atoms with Crippen LogP contribution in [0.1, 0.15) is 47.8 Å². The number of piperidine rings is 1. The number of hydrogen-bond donors (Lipinski definition) is 1. The van der Waals surface area contributed by atoms with E-state index >= 15 is 0 Å². The monoisotopic (exact) mass is 340 g/mol. The third-order valence-corrected chi connectivity index (χ3v) is 5.82. The summed E-state index contributed by atoms with van der Waals surface area (Å²) < 4.78 is 6.09. The summed E-state index contributed by atoms with van der Waals surface area (Å²) in [5, 5.41) is 11.8. The molecule has 1 aromatic rings. The molecule has 2 atom stereocenters. The smallest absolute Gasteiger partial charge is 0.253 e. The quantitative estimate of drug-likeness (QED) is 0.909. The molecule has 1 aromatic heterocycles. The fourth-order valence-corrected chi connectivity index (χ4v) is 3.86. The molecule has 3 aliphatic rings. The fourth-order valence-electron chi connectivity index (χ4n) is 3.86. The van der Waals surface area contributed by atoms with Gasteiger partial charge in [-0.05, 0) is 37.8 Å². The van der Waals surface area contributed by atoms with Gasteiger partial charge in [-0.15, -0.1) is 0 Å². The molecule has 1 saturated heterocycles. The van der Waals surface area contributed by atoms with Crippen LogP contribution >= 0.6 is 0 Å². The van der Waals surface area contributed by atoms with Crippen molar-refractivity contribution in [3.05, 3.63) is 22.9 Å². The van der Waals surface area contributed by atoms with Crippen LogP contribution < -0.4 is 10.2 Å². The number of amides is 1. The van der Waals surface area contributed by atoms with Crippen LogP contribution in [-0.2, 0) is 11.3 Å². The molecule has 6 heteroatoms. The lowest BCUT2D eigenvalue weighted by Crippen LogP contribution is -2.38. The molecule has 0 aromatic carbocycles. The highest BCUT2D eigenvalue weighted by Crippen LogP contribution is 2.52. The van der Waals surface area contributed by atoms with Crippen molar-refractivity contribution in [3.63, 3.8) is 0 Å². The van der Waals surface area contributed by atoms with E-state index in [1.807, 2.05) is 13.0 Å². The number of nitriles is 1. The second kappa shape index (κ2) is 5.99. The first kappa shape index (κ1) is 16.3. The van der Waals surface area contributed by atoms with Gasteiger partial charge in [-0.25, -0.2) is 4.98 Å². The van der Waals surface area contributed by atoms with Crippen molar-refractivity contribution in [1.29, 1.82) is 5.26 Å². The van der Waals surface area contributed by atoms with E-state index in [0.29, 0.717) is 18.7 Å². The van der Waals surface area contributed by atoms with Crippen molar-refractivity contribution in [3.8, 4) is 6.07 Å². The fraction of sp³-hybridized carbons (Fsp3) is 0.632. The number of hydrogen-bond acceptors (Lipinski definition) is 5. The maximum Gasteiger partial charge on any atom is 0.253 e. The number of pyridine rings is 1. The molecule has 2 fully saturated rings. The van der Waals surface area contributed by atoms with Gasteiger partial charge in [0.15, 0.2) is 0 Å². The second-order valence-electron chi connectivity index (χ2n) is 7.84. The maximum atomic E-state index is 11.7. The van der Waals surface area contributed by atoms with Crippen LogP contribution in [0, 0.1) is 29.6 Å². The molecule has 0 bridgehead atoms. The molecule has 1 N–H and O–H groups in total. The Morgan fingerprint density at radius 1 is 1.48 bits per heavy atom. The third kappa shape index (κ3) is 2.98. The van der Waals surface area contributed by atoms with Crippen molar-refractivity contribution < 1.29 is 9.53 Å². The van der Waals surface area contributed by atoms with Gasteiger partial charge in [0.05, 0.1) is 42.5 Å². The van der Waals surface area contributed by atoms with Crippen molar-refractivity contribution in [2.45, 2.75) is 45.8 Å². The molecular formula is C19H24N4O2. The standard InChI is InChI=1S/C19H24N4O2/c1-12-7-15-16(10-21-18(15)24)22-17(12)23-5-3-14(4-6-23)25-11-19(2)8-13(19)9-20/h7,13-14H,3-6,8,10-11H2,1-2H3,(H,21,24)/t13-,19+/m1/s1. The number of aryl methyl sites for hydroxylation is 1. The van der Waals surface area contributed by atoms with E-state index < -0.39 is 0 Å². The van der Waals surface area contributed by atoms with E-state index in [1.54, 1.807) is 0 Å². The van der Waals surface area contributed by atoms with E-state index in [0.717, 1.165) is 49.4 Å². The number of aromatic nitrogens is 1. The van der Waals surface area contributed by atoms with Crippen LogP contribution in [0.2, 0.25) is 0 Å². The first-order valence-electron chi connectivity index (χ1n) is 9.05. The molecule has 2 aliphatic heterocycles. The SMILES string of the molecule is Cc1cc2c(nc1N1CCC(OC[C@]3(C)C[C@@H]3C#N)CC1)CNC2=O. The highest BCUT2D eigenvalue weighted by molar-refractivity contribution is 5.98. The minimum Gasteiger partial charge on any atom is -0.377 e. The Labute approximate surface area is 148 Å². The highest BCUT2D eigenvalue weighted by Gasteiger charge is 2.51. The maximum absolute atomic E-state index is 11.7. The predicted molar refractivity (Wildman–Crippen MR) is 93.2 cm³/mol. The number of carbonyl (C=O) groups excluding carboxylic acids is 1. The molecule has 1 amide bonds. The summed E-state index contributed by atoms with van der Waals surface area (Å²) in [6.07, 6.45) is 3.18. The van der Waals surface area contributed by atoms with Crippen LogP contribution in [0.25, 0.3) is 0 Å². The molecule has 0 unspecified atom stereocenters. The Bertz CT molecular complexity index is 749. The number of nitrogens with zero attached hydrogens (tertiary/aromatic N) is 3. The Morgan fingerprint density at radius 3 is 2.92 bits per heavy atom. The lowest BCUT2D eigenvalue weighted by atomic mass is 10.0. The molecule has 132 valence electrons. The number of carbonyl (C=O) groups is 1. The zero-order valence-electron chi connectivity index (χ0n) is 14.8. The number of anilines is 1. The van der Waals surface area contributed by atoms with Crippen molar-refractivity contribution >= 4 is 11.7 Å². The molecule has 25 heavy (non-hydrogen) atoms. The number of rotatable bonds is 4. The summed E-state index contributed by atoms with van der Waals surface area (Å²) >= 11 is 0. The Kier molecular flexibility index (Phi) is 3.92. The van der Waals surface area contributed by atoms with E-state index in [2.05, 4.69) is 23.2 Å². The van der Waals surface area contributed by atoms with Crippen molar-refractivity contribution in [2.24, 2.45) is 11.3 Å². The largest absolute Gasteiger partial charge is 0.377 e. The van der Waals surface area contributed by atoms with Crippen LogP contribution in [0.15, 0.2) is 6.07 Å². The summed E-state index contributed by atoms with van der Waals surface area (Å²) in [7, 11) is 0. The molecule has 1 saturated carbocycles. The van der Waals surface area contributed by atoms with Gasteiger partial charge in [0, 0.05) is 18.5 Å². The van der Waals surface area contributed by atoms with Gasteiger partial charge in [-0.3, -0.25) is 4.79 Å². The minimum absolute atomic E-state index is 0.0199. The van der Waals surface area contributed by atoms with E-state index in [4.69, 9.17) is 15.0 Å². The average molecular weight is 340 g/mol. The van der Waals surface area contributed by atoms with Gasteiger partial charge in [-0.2, -0.15) is 5.26 Å². The van der Waals surface area contributed by atoms with Crippen molar-refractivity contribution in [2.75, 3.05) is 24.6 Å². The third-order valence-electron chi connectivity index (χ3n) is 5.82. The minimum atomic E-state index is -0.0199. The topological polar surface area (TPSA) is 78.2 Å². The van der Waals surface area contributed by atoms with E-state index in [1.165, 1.54) is 0 Å². The summed E-state index contributed by atoms with van der Waals surface area (Å²) in [6, 6.07) is 4.31. The summed E-state index contributed by atoms with van der Waals surface area (Å²) in [5.74, 6) is 1.14. The van der Waals surface area contributed by atoms with E-state index in [9.17, 15) is 4.79 Å². The number of nitrogens with one attached hydrogen (secondary N) is 1. The van der Waals surface area contributed by atoms with Gasteiger partial charge < -0.3 is 15.0 Å². The summed E-state index contributed by atoms with van der Waals surface area (Å²) in [5.41, 5.74) is 2.69. The summed E-state index contributed by atoms with van der Waals surface area (Å²) in [6.45, 7) is 7.21. The van der Waals surface area contributed by atoms with E-state index in [-0.39, 0.29) is 23.3 Å². The molecule has 4 rings (SSSR count). The first-order chi connectivity index (χ1) is 12.0. The Morgan fingerprint density at radius 2 is 2.24 bits per heavy atom. The second-order valence-corrected chi connectivity index (χ2v) is 7.84. The van der Waals surface area contributed by atoms with Gasteiger partial charge in [0.25, 0.3) is 5.91 Å². The normalized spacial score (nSPS) is 28.4. The lowest BCUT2D eigenvalue weighted by Gasteiger charge is -2.34. The average Bonchev–Trinajstić information content (AvgIpc) is 3.16. The van der Waals surface area contributed by atoms with Crippen LogP contribution in [0.4, 0.5) is 5.82 Å². The van der Waals surface area contributed by atoms with Gasteiger partial charge in [0.2, 0.25) is 0 Å². The molecule has 0 radical (unpaired) electrons. The summed E-state index contributed by atoms with van der Waals surface area (Å²) in [4.78, 5) is 18.8. The molecule has 3 heterocycles. The number of ether oxygens (including phenoxy) is 1. The van der Waals surface area contributed by atoms with Gasteiger partial charge in [-0.1, -0.05) is 6.92 Å². The predicted octanol–water partition coefficient (Wildman–Crippen LogP) is 2.17. The Balaban J connectivity index is 1.35. The van der Waals surface area contributed by atoms with Crippen LogP contribution in [-0.4, -0.2) is 36.7 Å². The zero-order chi connectivity index (χ0) is 17.6. The van der Waals surface area contributed by atoms with Crippen LogP contribution in [0.5, 0.6) is 0 Å². The van der Waals surface area contributed by atoms with Crippen molar-refractivity contribution in [1.82, 2.24) is 10.3 Å².